The maximum atomic E-state index is 10.8. The zero-order chi connectivity index (χ0) is 18.2. The van der Waals surface area contributed by atoms with Crippen LogP contribution in [0.3, 0.4) is 0 Å². The van der Waals surface area contributed by atoms with Crippen molar-refractivity contribution in [3.05, 3.63) is 88.1 Å². The van der Waals surface area contributed by atoms with Gasteiger partial charge in [0.1, 0.15) is 10.6 Å². The molecule has 0 spiro atoms. The minimum atomic E-state index is -0.440. The number of hydrogen-bond acceptors (Lipinski definition) is 7. The van der Waals surface area contributed by atoms with Crippen molar-refractivity contribution >= 4 is 49.4 Å². The zero-order valence-corrected chi connectivity index (χ0v) is 16.1. The van der Waals surface area contributed by atoms with Crippen molar-refractivity contribution in [1.29, 1.82) is 0 Å². The third-order valence-electron chi connectivity index (χ3n) is 3.26. The molecule has 0 N–H and O–H groups in total. The predicted molar refractivity (Wildman–Crippen MR) is 111 cm³/mol. The van der Waals surface area contributed by atoms with Crippen LogP contribution < -0.4 is 0 Å². The summed E-state index contributed by atoms with van der Waals surface area (Å²) in [6, 6.07) is 20.3. The van der Waals surface area contributed by atoms with Crippen molar-refractivity contribution in [3.8, 4) is 0 Å². The molecule has 3 rings (SSSR count). The minimum Gasteiger partial charge on any atom is -0.257 e. The maximum absolute atomic E-state index is 10.8. The van der Waals surface area contributed by atoms with E-state index in [0.717, 1.165) is 27.2 Å². The van der Waals surface area contributed by atoms with Gasteiger partial charge in [-0.25, -0.2) is 9.98 Å². The van der Waals surface area contributed by atoms with Gasteiger partial charge in [-0.2, -0.15) is 0 Å². The van der Waals surface area contributed by atoms with E-state index in [0.29, 0.717) is 5.13 Å². The van der Waals surface area contributed by atoms with Crippen molar-refractivity contribution in [2.75, 3.05) is 0 Å². The lowest BCUT2D eigenvalue weighted by molar-refractivity contribution is -0.380. The Morgan fingerprint density at radius 1 is 1.00 bits per heavy atom. The first-order chi connectivity index (χ1) is 12.7. The summed E-state index contributed by atoms with van der Waals surface area (Å²) in [6.45, 7) is 0. The Balaban J connectivity index is 1.73. The maximum Gasteiger partial charge on any atom is 0.345 e. The van der Waals surface area contributed by atoms with E-state index >= 15 is 0 Å². The highest BCUT2D eigenvalue weighted by Gasteiger charge is 2.12. The molecule has 0 atom stereocenters. The second-order valence-corrected chi connectivity index (χ2v) is 8.34. The first-order valence-electron chi connectivity index (χ1n) is 7.73. The number of aliphatic imine (C=N–C) groups is 1. The molecule has 0 bridgehead atoms. The van der Waals surface area contributed by atoms with Crippen LogP contribution >= 0.6 is 34.9 Å². The summed E-state index contributed by atoms with van der Waals surface area (Å²) in [7, 11) is 0. The molecule has 26 heavy (non-hydrogen) atoms. The van der Waals surface area contributed by atoms with Crippen molar-refractivity contribution in [2.24, 2.45) is 4.99 Å². The van der Waals surface area contributed by atoms with Crippen LogP contribution in [0, 0.1) is 10.1 Å². The fourth-order valence-corrected chi connectivity index (χ4v) is 4.69. The van der Waals surface area contributed by atoms with Gasteiger partial charge in [0.15, 0.2) is 0 Å². The average molecular weight is 402 g/mol. The second-order valence-electron chi connectivity index (χ2n) is 5.16. The first-order valence-corrected chi connectivity index (χ1v) is 10.5. The largest absolute Gasteiger partial charge is 0.345 e. The van der Waals surface area contributed by atoms with Crippen LogP contribution in [0.1, 0.15) is 11.1 Å². The predicted octanol–water partition coefficient (Wildman–Crippen LogP) is 5.91. The smallest absolute Gasteiger partial charge is 0.257 e. The molecule has 0 radical (unpaired) electrons. The Kier molecular flexibility index (Phi) is 6.82. The fourth-order valence-electron chi connectivity index (χ4n) is 2.02. The van der Waals surface area contributed by atoms with Crippen LogP contribution in [0.25, 0.3) is 0 Å². The molecule has 0 aliphatic rings. The Labute approximate surface area is 163 Å². The molecule has 0 aliphatic carbocycles. The fraction of sp³-hybridized carbons (Fsp3) is 0.111. The Morgan fingerprint density at radius 3 is 2.00 bits per heavy atom. The van der Waals surface area contributed by atoms with Crippen molar-refractivity contribution in [2.45, 2.75) is 11.5 Å². The molecule has 132 valence electrons. The first kappa shape index (κ1) is 18.6. The molecule has 0 aliphatic heterocycles. The van der Waals surface area contributed by atoms with E-state index in [2.05, 4.69) is 34.2 Å². The van der Waals surface area contributed by atoms with Crippen LogP contribution in [0.2, 0.25) is 0 Å². The van der Waals surface area contributed by atoms with Gasteiger partial charge in [0, 0.05) is 11.5 Å². The van der Waals surface area contributed by atoms with Gasteiger partial charge < -0.3 is 0 Å². The molecule has 8 heteroatoms. The van der Waals surface area contributed by atoms with E-state index in [4.69, 9.17) is 0 Å². The highest BCUT2D eigenvalue weighted by Crippen LogP contribution is 2.32. The average Bonchev–Trinajstić information content (AvgIpc) is 3.14. The lowest BCUT2D eigenvalue weighted by Gasteiger charge is -2.06. The number of aromatic nitrogens is 1. The number of nitrogens with zero attached hydrogens (tertiary/aromatic N) is 3. The summed E-state index contributed by atoms with van der Waals surface area (Å²) in [5.74, 6) is 1.57. The topological polar surface area (TPSA) is 68.4 Å². The molecule has 0 fully saturated rings. The third kappa shape index (κ3) is 5.69. The summed E-state index contributed by atoms with van der Waals surface area (Å²) in [6.07, 6.45) is 1.25. The normalized spacial score (nSPS) is 10.5. The standard InChI is InChI=1S/C18H15N3O2S3/c22-21(23)16-11-19-17(26-16)20-18(24-12-14-7-3-1-4-8-14)25-13-15-9-5-2-6-10-15/h1-11H,12-13H2. The van der Waals surface area contributed by atoms with Crippen LogP contribution in [0.4, 0.5) is 10.1 Å². The van der Waals surface area contributed by atoms with Gasteiger partial charge in [0.2, 0.25) is 5.13 Å². The Hall–Kier alpha value is -2.16. The second kappa shape index (κ2) is 9.51. The van der Waals surface area contributed by atoms with E-state index in [9.17, 15) is 10.1 Å². The number of nitro groups is 1. The monoisotopic (exact) mass is 401 g/mol. The highest BCUT2D eigenvalue weighted by atomic mass is 32.2. The Bertz CT molecular complexity index is 837. The summed E-state index contributed by atoms with van der Waals surface area (Å²) in [5, 5.41) is 11.3. The Morgan fingerprint density at radius 2 is 1.54 bits per heavy atom. The molecule has 0 unspecified atom stereocenters. The number of hydrogen-bond donors (Lipinski definition) is 0. The number of rotatable bonds is 6. The van der Waals surface area contributed by atoms with E-state index in [1.165, 1.54) is 17.3 Å². The number of benzene rings is 2. The summed E-state index contributed by atoms with van der Waals surface area (Å²) in [5.41, 5.74) is 2.41. The number of thioether (sulfide) groups is 2. The molecule has 3 aromatic rings. The molecule has 2 aromatic carbocycles. The van der Waals surface area contributed by atoms with Crippen molar-refractivity contribution < 1.29 is 4.92 Å². The van der Waals surface area contributed by atoms with Crippen molar-refractivity contribution in [1.82, 2.24) is 4.98 Å². The molecule has 0 amide bonds. The van der Waals surface area contributed by atoms with Gasteiger partial charge in [0.25, 0.3) is 0 Å². The molecule has 0 saturated carbocycles. The van der Waals surface area contributed by atoms with E-state index in [1.807, 2.05) is 36.4 Å². The summed E-state index contributed by atoms with van der Waals surface area (Å²) in [4.78, 5) is 19.0. The highest BCUT2D eigenvalue weighted by molar-refractivity contribution is 8.38. The molecular formula is C18H15N3O2S3. The van der Waals surface area contributed by atoms with Gasteiger partial charge in [-0.15, -0.1) is 0 Å². The van der Waals surface area contributed by atoms with E-state index < -0.39 is 4.92 Å². The van der Waals surface area contributed by atoms with Crippen LogP contribution in [-0.4, -0.2) is 14.3 Å². The molecule has 1 aromatic heterocycles. The lowest BCUT2D eigenvalue weighted by atomic mass is 10.2. The third-order valence-corrected chi connectivity index (χ3v) is 6.44. The van der Waals surface area contributed by atoms with E-state index in [1.54, 1.807) is 23.5 Å². The number of thiazole rings is 1. The molecule has 0 saturated heterocycles. The summed E-state index contributed by atoms with van der Waals surface area (Å²) < 4.78 is 0.849. The van der Waals surface area contributed by atoms with Crippen molar-refractivity contribution in [3.63, 3.8) is 0 Å². The minimum absolute atomic E-state index is 0.00391. The molecule has 5 nitrogen and oxygen atoms in total. The SMILES string of the molecule is O=[N+]([O-])c1cnc(N=C(SCc2ccccc2)SCc2ccccc2)s1. The zero-order valence-electron chi connectivity index (χ0n) is 13.6. The quantitative estimate of drug-likeness (QED) is 0.222. The van der Waals surface area contributed by atoms with Crippen LogP contribution in [-0.2, 0) is 11.5 Å². The molecule has 1 heterocycles. The molecular weight excluding hydrogens is 386 g/mol. The van der Waals surface area contributed by atoms with Crippen LogP contribution in [0.15, 0.2) is 71.9 Å². The van der Waals surface area contributed by atoms with Crippen LogP contribution in [0.5, 0.6) is 0 Å². The lowest BCUT2D eigenvalue weighted by Crippen LogP contribution is -1.90. The van der Waals surface area contributed by atoms with E-state index in [-0.39, 0.29) is 5.00 Å². The van der Waals surface area contributed by atoms with Gasteiger partial charge >= 0.3 is 5.00 Å². The van der Waals surface area contributed by atoms with Gasteiger partial charge in [-0.3, -0.25) is 10.1 Å². The van der Waals surface area contributed by atoms with Gasteiger partial charge in [-0.05, 0) is 22.5 Å². The van der Waals surface area contributed by atoms with Gasteiger partial charge in [-0.1, -0.05) is 84.2 Å². The summed E-state index contributed by atoms with van der Waals surface area (Å²) >= 11 is 4.22. The van der Waals surface area contributed by atoms with Gasteiger partial charge in [0.05, 0.1) is 4.92 Å².